The molecule has 2 saturated carbocycles. The first kappa shape index (κ1) is 41.3. The Morgan fingerprint density at radius 2 is 1.63 bits per heavy atom. The third kappa shape index (κ3) is 14.1. The first-order valence-corrected chi connectivity index (χ1v) is 20.8. The van der Waals surface area contributed by atoms with Gasteiger partial charge < -0.3 is 42.5 Å². The number of piperidine rings is 1. The third-order valence-electron chi connectivity index (χ3n) is 11.2. The van der Waals surface area contributed by atoms with Gasteiger partial charge in [0.2, 0.25) is 17.8 Å². The van der Waals surface area contributed by atoms with Gasteiger partial charge in [0.15, 0.2) is 0 Å². The Morgan fingerprint density at radius 1 is 0.907 bits per heavy atom. The standard InChI is InChI=1S/C40H66N12O2/c41-35(39(54)46-27-30-11-3-1-4-12-30)17-18-37(53)52-25-19-32(20-26-52)48-38-34-15-7-8-16-36(34)49-40(50-38)47-29-33(51-42)28-44-23-9-21-43-22-10-24-45-31-13-5-2-6-14-31/h7-8,15-16,28,30-32,35,42-45H,1-6,9-14,17-27,29,41H2,(H,46,54)(H2,47,48,49,50)/b33-28-,51-42?/t35-/m0/s1. The molecular weight excluding hydrogens is 681 g/mol. The van der Waals surface area contributed by atoms with Crippen LogP contribution in [0, 0.1) is 11.4 Å². The summed E-state index contributed by atoms with van der Waals surface area (Å²) in [5.74, 6) is 1.64. The summed E-state index contributed by atoms with van der Waals surface area (Å²) in [5, 5.41) is 25.0. The summed E-state index contributed by atoms with van der Waals surface area (Å²) < 4.78 is 0. The fourth-order valence-electron chi connectivity index (χ4n) is 7.82. The van der Waals surface area contributed by atoms with Gasteiger partial charge in [-0.15, -0.1) is 0 Å². The number of nitrogens with two attached hydrogens (primary N) is 1. The number of aromatic nitrogens is 2. The van der Waals surface area contributed by atoms with Crippen molar-refractivity contribution in [3.8, 4) is 0 Å². The Labute approximate surface area is 321 Å². The highest BCUT2D eigenvalue weighted by atomic mass is 16.2. The van der Waals surface area contributed by atoms with Gasteiger partial charge in [-0.25, -0.2) is 10.5 Å². The molecule has 2 amide bonds. The quantitative estimate of drug-likeness (QED) is 0.0600. The van der Waals surface area contributed by atoms with Crippen LogP contribution in [-0.2, 0) is 9.59 Å². The van der Waals surface area contributed by atoms with Crippen LogP contribution >= 0.6 is 0 Å². The van der Waals surface area contributed by atoms with Gasteiger partial charge in [-0.3, -0.25) is 9.59 Å². The lowest BCUT2D eigenvalue weighted by atomic mass is 9.89. The van der Waals surface area contributed by atoms with E-state index in [2.05, 4.69) is 37.0 Å². The van der Waals surface area contributed by atoms with E-state index in [-0.39, 0.29) is 24.3 Å². The van der Waals surface area contributed by atoms with Gasteiger partial charge in [0.05, 0.1) is 23.8 Å². The molecular formula is C40H66N12O2. The second-order valence-corrected chi connectivity index (χ2v) is 15.4. The Balaban J connectivity index is 0.992. The molecule has 0 radical (unpaired) electrons. The molecule has 54 heavy (non-hydrogen) atoms. The molecule has 3 fully saturated rings. The number of hydrogen-bond donors (Lipinski definition) is 8. The maximum Gasteiger partial charge on any atom is 0.236 e. The number of likely N-dealkylation sites (tertiary alicyclic amines) is 1. The lowest BCUT2D eigenvalue weighted by molar-refractivity contribution is -0.132. The van der Waals surface area contributed by atoms with E-state index in [0.29, 0.717) is 50.2 Å². The Bertz CT molecular complexity index is 1470. The number of fused-ring (bicyclic) bond motifs is 1. The molecule has 298 valence electrons. The van der Waals surface area contributed by atoms with Crippen LogP contribution in [-0.4, -0.2) is 97.2 Å². The first-order chi connectivity index (χ1) is 26.5. The summed E-state index contributed by atoms with van der Waals surface area (Å²) in [5.41, 5.74) is 15.2. The van der Waals surface area contributed by atoms with Crippen molar-refractivity contribution >= 4 is 34.5 Å². The summed E-state index contributed by atoms with van der Waals surface area (Å²) in [4.78, 5) is 37.0. The molecule has 2 aliphatic carbocycles. The second kappa shape index (κ2) is 23.1. The van der Waals surface area contributed by atoms with E-state index in [4.69, 9.17) is 21.2 Å². The van der Waals surface area contributed by atoms with Crippen molar-refractivity contribution in [1.82, 2.24) is 36.1 Å². The smallest absolute Gasteiger partial charge is 0.236 e. The molecule has 1 aliphatic heterocycles. The van der Waals surface area contributed by atoms with Gasteiger partial charge in [-0.05, 0) is 95.5 Å². The van der Waals surface area contributed by atoms with Gasteiger partial charge in [0.1, 0.15) is 5.82 Å². The molecule has 14 nitrogen and oxygen atoms in total. The molecule has 1 saturated heterocycles. The predicted octanol–water partition coefficient (Wildman–Crippen LogP) is 5.00. The van der Waals surface area contributed by atoms with Gasteiger partial charge in [0.25, 0.3) is 0 Å². The number of carbonyl (C=O) groups is 2. The highest BCUT2D eigenvalue weighted by Crippen LogP contribution is 2.26. The lowest BCUT2D eigenvalue weighted by Gasteiger charge is -2.33. The zero-order valence-electron chi connectivity index (χ0n) is 32.3. The number of para-hydroxylation sites is 1. The number of rotatable bonds is 22. The fourth-order valence-corrected chi connectivity index (χ4v) is 7.82. The maximum atomic E-state index is 13.0. The van der Waals surface area contributed by atoms with Gasteiger partial charge in [0, 0.05) is 56.3 Å². The molecule has 5 rings (SSSR count). The highest BCUT2D eigenvalue weighted by molar-refractivity contribution is 5.90. The molecule has 1 aromatic heterocycles. The van der Waals surface area contributed by atoms with Crippen molar-refractivity contribution in [2.24, 2.45) is 16.8 Å². The van der Waals surface area contributed by atoms with E-state index in [1.54, 1.807) is 6.20 Å². The van der Waals surface area contributed by atoms with Crippen LogP contribution in [0.2, 0.25) is 0 Å². The van der Waals surface area contributed by atoms with Crippen LogP contribution in [0.3, 0.4) is 0 Å². The number of nitrogens with zero attached hydrogens (tertiary/aromatic N) is 4. The van der Waals surface area contributed by atoms with Crippen molar-refractivity contribution in [3.63, 3.8) is 0 Å². The van der Waals surface area contributed by atoms with E-state index < -0.39 is 6.04 Å². The minimum atomic E-state index is -0.663. The van der Waals surface area contributed by atoms with E-state index in [9.17, 15) is 9.59 Å². The predicted molar refractivity (Wildman–Crippen MR) is 216 cm³/mol. The first-order valence-electron chi connectivity index (χ1n) is 20.8. The molecule has 0 bridgehead atoms. The van der Waals surface area contributed by atoms with Crippen molar-refractivity contribution < 1.29 is 9.59 Å². The maximum absolute atomic E-state index is 13.0. The highest BCUT2D eigenvalue weighted by Gasteiger charge is 2.25. The van der Waals surface area contributed by atoms with Crippen LogP contribution in [0.4, 0.5) is 11.8 Å². The van der Waals surface area contributed by atoms with Crippen LogP contribution in [0.5, 0.6) is 0 Å². The molecule has 1 aromatic carbocycles. The molecule has 1 atom stereocenters. The normalized spacial score (nSPS) is 18.3. The Kier molecular flexibility index (Phi) is 17.7. The number of nitrogens with one attached hydrogen (secondary N) is 7. The number of carbonyl (C=O) groups excluding carboxylic acids is 2. The molecule has 2 aromatic rings. The van der Waals surface area contributed by atoms with Crippen LogP contribution in [0.1, 0.15) is 103 Å². The number of hydrogen-bond acceptors (Lipinski definition) is 12. The summed E-state index contributed by atoms with van der Waals surface area (Å²) in [6.45, 7) is 6.11. The average Bonchev–Trinajstić information content (AvgIpc) is 3.21. The molecule has 9 N–H and O–H groups in total. The molecule has 0 spiro atoms. The topological polar surface area (TPSA) is 198 Å². The SMILES string of the molecule is N=N/C(=C\NCCCNCCCNC1CCCCC1)CNc1nc(NC2CCN(C(=O)CC[C@H](N)C(=O)NCC3CCCCC3)CC2)c2ccccc2n1. The minimum Gasteiger partial charge on any atom is -0.389 e. The summed E-state index contributed by atoms with van der Waals surface area (Å²) in [6.07, 6.45) is 19.0. The molecule has 14 heteroatoms. The van der Waals surface area contributed by atoms with E-state index >= 15 is 0 Å². The molecule has 3 aliphatic rings. The van der Waals surface area contributed by atoms with Crippen molar-refractivity contribution in [1.29, 1.82) is 5.53 Å². The van der Waals surface area contributed by atoms with Crippen molar-refractivity contribution in [2.75, 3.05) is 63.0 Å². The largest absolute Gasteiger partial charge is 0.389 e. The van der Waals surface area contributed by atoms with Crippen molar-refractivity contribution in [3.05, 3.63) is 36.2 Å². The van der Waals surface area contributed by atoms with Crippen molar-refractivity contribution in [2.45, 2.75) is 121 Å². The monoisotopic (exact) mass is 747 g/mol. The fraction of sp³-hybridized carbons (Fsp3) is 0.700. The van der Waals surface area contributed by atoms with Gasteiger partial charge in [-0.2, -0.15) is 10.1 Å². The van der Waals surface area contributed by atoms with Crippen LogP contribution < -0.4 is 37.6 Å². The third-order valence-corrected chi connectivity index (χ3v) is 11.2. The number of anilines is 2. The minimum absolute atomic E-state index is 0.0470. The molecule has 2 heterocycles. The lowest BCUT2D eigenvalue weighted by Crippen LogP contribution is -2.45. The number of amides is 2. The van der Waals surface area contributed by atoms with E-state index in [0.717, 1.165) is 74.6 Å². The van der Waals surface area contributed by atoms with E-state index in [1.807, 2.05) is 29.2 Å². The summed E-state index contributed by atoms with van der Waals surface area (Å²) in [7, 11) is 0. The van der Waals surface area contributed by atoms with Crippen LogP contribution in [0.15, 0.2) is 41.3 Å². The summed E-state index contributed by atoms with van der Waals surface area (Å²) in [6, 6.07) is 8.10. The van der Waals surface area contributed by atoms with Gasteiger partial charge in [-0.1, -0.05) is 50.7 Å². The Hall–Kier alpha value is -3.88. The van der Waals surface area contributed by atoms with Crippen LogP contribution in [0.25, 0.3) is 10.9 Å². The van der Waals surface area contributed by atoms with Gasteiger partial charge >= 0.3 is 0 Å². The number of benzene rings is 1. The second-order valence-electron chi connectivity index (χ2n) is 15.4. The average molecular weight is 747 g/mol. The zero-order valence-corrected chi connectivity index (χ0v) is 32.3. The summed E-state index contributed by atoms with van der Waals surface area (Å²) >= 11 is 0. The zero-order chi connectivity index (χ0) is 37.8. The Morgan fingerprint density at radius 3 is 2.39 bits per heavy atom. The molecule has 0 unspecified atom stereocenters. The van der Waals surface area contributed by atoms with E-state index in [1.165, 1.54) is 64.2 Å².